The number of imidazole rings is 1. The Hall–Kier alpha value is -2.46. The summed E-state index contributed by atoms with van der Waals surface area (Å²) in [4.78, 5) is 11.7. The molecule has 0 aliphatic heterocycles. The average Bonchev–Trinajstić information content (AvgIpc) is 2.98. The predicted molar refractivity (Wildman–Crippen MR) is 75.1 cm³/mol. The number of benzene rings is 1. The van der Waals surface area contributed by atoms with Crippen LogP contribution in [0, 0.1) is 0 Å². The van der Waals surface area contributed by atoms with E-state index in [9.17, 15) is 0 Å². The number of aromatic amines is 1. The van der Waals surface area contributed by atoms with Crippen molar-refractivity contribution in [3.05, 3.63) is 60.6 Å². The van der Waals surface area contributed by atoms with Gasteiger partial charge < -0.3 is 10.7 Å². The maximum Gasteiger partial charge on any atom is 0.137 e. The quantitative estimate of drug-likeness (QED) is 0.750. The van der Waals surface area contributed by atoms with Crippen LogP contribution in [0.2, 0.25) is 0 Å². The van der Waals surface area contributed by atoms with E-state index < -0.39 is 0 Å². The highest BCUT2D eigenvalue weighted by atomic mass is 14.9. The van der Waals surface area contributed by atoms with Gasteiger partial charge in [-0.25, -0.2) is 4.98 Å². The maximum absolute atomic E-state index is 5.59. The number of hydrogen-bond acceptors (Lipinski definition) is 3. The Morgan fingerprint density at radius 1 is 0.947 bits per heavy atom. The number of H-pyrrole nitrogens is 1. The minimum Gasteiger partial charge on any atom is -0.338 e. The third-order valence-corrected chi connectivity index (χ3v) is 3.03. The van der Waals surface area contributed by atoms with E-state index in [0.29, 0.717) is 6.54 Å². The van der Waals surface area contributed by atoms with Crippen LogP contribution in [0.5, 0.6) is 0 Å². The summed E-state index contributed by atoms with van der Waals surface area (Å²) in [6.07, 6.45) is 5.37. The topological polar surface area (TPSA) is 67.6 Å². The molecule has 19 heavy (non-hydrogen) atoms. The van der Waals surface area contributed by atoms with Crippen LogP contribution in [0.3, 0.4) is 0 Å². The molecule has 0 radical (unpaired) electrons. The van der Waals surface area contributed by atoms with Crippen LogP contribution in [-0.2, 0) is 6.54 Å². The van der Waals surface area contributed by atoms with Crippen molar-refractivity contribution in [3.8, 4) is 22.6 Å². The molecule has 2 heterocycles. The third kappa shape index (κ3) is 2.39. The van der Waals surface area contributed by atoms with Gasteiger partial charge in [0.15, 0.2) is 0 Å². The second kappa shape index (κ2) is 5.04. The lowest BCUT2D eigenvalue weighted by Crippen LogP contribution is -1.95. The van der Waals surface area contributed by atoms with Crippen LogP contribution in [0.25, 0.3) is 22.6 Å². The fraction of sp³-hybridized carbons (Fsp3) is 0.0667. The lowest BCUT2D eigenvalue weighted by atomic mass is 10.1. The molecule has 0 aliphatic rings. The van der Waals surface area contributed by atoms with E-state index in [1.807, 2.05) is 42.6 Å². The average molecular weight is 250 g/mol. The lowest BCUT2D eigenvalue weighted by Gasteiger charge is -2.00. The van der Waals surface area contributed by atoms with Gasteiger partial charge in [0.1, 0.15) is 5.82 Å². The Kier molecular flexibility index (Phi) is 3.08. The Bertz CT molecular complexity index is 656. The second-order valence-electron chi connectivity index (χ2n) is 4.28. The van der Waals surface area contributed by atoms with Crippen LogP contribution >= 0.6 is 0 Å². The van der Waals surface area contributed by atoms with Crippen LogP contribution in [0.15, 0.2) is 55.0 Å². The number of aromatic nitrogens is 3. The molecule has 3 rings (SSSR count). The highest BCUT2D eigenvalue weighted by molar-refractivity contribution is 5.64. The van der Waals surface area contributed by atoms with Crippen molar-refractivity contribution in [1.29, 1.82) is 0 Å². The van der Waals surface area contributed by atoms with E-state index >= 15 is 0 Å². The first-order valence-electron chi connectivity index (χ1n) is 6.11. The summed E-state index contributed by atoms with van der Waals surface area (Å²) in [5.41, 5.74) is 9.82. The fourth-order valence-electron chi connectivity index (χ4n) is 1.94. The molecule has 0 fully saturated rings. The molecule has 0 atom stereocenters. The fourth-order valence-corrected chi connectivity index (χ4v) is 1.94. The Balaban J connectivity index is 1.92. The van der Waals surface area contributed by atoms with Gasteiger partial charge in [-0.05, 0) is 17.7 Å². The largest absolute Gasteiger partial charge is 0.338 e. The molecule has 0 unspecified atom stereocenters. The molecule has 0 spiro atoms. The van der Waals surface area contributed by atoms with Gasteiger partial charge in [0.2, 0.25) is 0 Å². The summed E-state index contributed by atoms with van der Waals surface area (Å²) >= 11 is 0. The number of hydrogen-bond donors (Lipinski definition) is 2. The smallest absolute Gasteiger partial charge is 0.137 e. The monoisotopic (exact) mass is 250 g/mol. The second-order valence-corrected chi connectivity index (χ2v) is 4.28. The molecule has 1 aromatic carbocycles. The minimum atomic E-state index is 0.556. The van der Waals surface area contributed by atoms with Gasteiger partial charge in [-0.15, -0.1) is 0 Å². The molecule has 0 saturated heterocycles. The van der Waals surface area contributed by atoms with Crippen molar-refractivity contribution < 1.29 is 0 Å². The molecular formula is C15H14N4. The summed E-state index contributed by atoms with van der Waals surface area (Å²) < 4.78 is 0. The SMILES string of the molecule is NCc1ccc(-c2ncc(-c3ccncc3)[nH]2)cc1. The maximum atomic E-state index is 5.59. The number of nitrogens with one attached hydrogen (secondary N) is 1. The number of nitrogens with two attached hydrogens (primary N) is 1. The summed E-state index contributed by atoms with van der Waals surface area (Å²) in [6.45, 7) is 0.556. The molecule has 0 bridgehead atoms. The molecule has 2 aromatic heterocycles. The molecule has 4 heteroatoms. The Morgan fingerprint density at radius 3 is 2.37 bits per heavy atom. The van der Waals surface area contributed by atoms with E-state index in [1.165, 1.54) is 0 Å². The highest BCUT2D eigenvalue weighted by Gasteiger charge is 2.05. The third-order valence-electron chi connectivity index (χ3n) is 3.03. The van der Waals surface area contributed by atoms with Gasteiger partial charge in [0.05, 0.1) is 11.9 Å². The lowest BCUT2D eigenvalue weighted by molar-refractivity contribution is 1.07. The van der Waals surface area contributed by atoms with Gasteiger partial charge in [0, 0.05) is 30.1 Å². The standard InChI is InChI=1S/C15H14N4/c16-9-11-1-3-13(4-2-11)15-18-10-14(19-15)12-5-7-17-8-6-12/h1-8,10H,9,16H2,(H,18,19). The number of rotatable bonds is 3. The molecule has 3 N–H and O–H groups in total. The van der Waals surface area contributed by atoms with Gasteiger partial charge in [-0.2, -0.15) is 0 Å². The molecule has 3 aromatic rings. The first-order valence-corrected chi connectivity index (χ1v) is 6.11. The normalized spacial score (nSPS) is 10.6. The molecular weight excluding hydrogens is 236 g/mol. The van der Waals surface area contributed by atoms with E-state index in [2.05, 4.69) is 15.0 Å². The van der Waals surface area contributed by atoms with Gasteiger partial charge in [-0.3, -0.25) is 4.98 Å². The van der Waals surface area contributed by atoms with Crippen molar-refractivity contribution in [3.63, 3.8) is 0 Å². The van der Waals surface area contributed by atoms with Crippen LogP contribution < -0.4 is 5.73 Å². The molecule has 0 amide bonds. The number of pyridine rings is 1. The van der Waals surface area contributed by atoms with Crippen LogP contribution in [-0.4, -0.2) is 15.0 Å². The zero-order chi connectivity index (χ0) is 13.1. The van der Waals surface area contributed by atoms with Crippen molar-refractivity contribution in [2.24, 2.45) is 5.73 Å². The van der Waals surface area contributed by atoms with Crippen molar-refractivity contribution in [1.82, 2.24) is 15.0 Å². The Labute approximate surface area is 111 Å². The van der Waals surface area contributed by atoms with Gasteiger partial charge >= 0.3 is 0 Å². The van der Waals surface area contributed by atoms with E-state index in [-0.39, 0.29) is 0 Å². The Morgan fingerprint density at radius 2 is 1.68 bits per heavy atom. The molecule has 4 nitrogen and oxygen atoms in total. The molecule has 0 saturated carbocycles. The van der Waals surface area contributed by atoms with E-state index in [4.69, 9.17) is 5.73 Å². The molecule has 94 valence electrons. The zero-order valence-corrected chi connectivity index (χ0v) is 10.4. The van der Waals surface area contributed by atoms with Crippen molar-refractivity contribution >= 4 is 0 Å². The zero-order valence-electron chi connectivity index (χ0n) is 10.4. The number of nitrogens with zero attached hydrogens (tertiary/aromatic N) is 2. The van der Waals surface area contributed by atoms with Crippen molar-refractivity contribution in [2.75, 3.05) is 0 Å². The highest BCUT2D eigenvalue weighted by Crippen LogP contribution is 2.21. The molecule has 0 aliphatic carbocycles. The minimum absolute atomic E-state index is 0.556. The van der Waals surface area contributed by atoms with E-state index in [1.54, 1.807) is 12.4 Å². The summed E-state index contributed by atoms with van der Waals surface area (Å²) in [7, 11) is 0. The van der Waals surface area contributed by atoms with E-state index in [0.717, 1.165) is 28.2 Å². The summed E-state index contributed by atoms with van der Waals surface area (Å²) in [5, 5.41) is 0. The first kappa shape index (κ1) is 11.6. The van der Waals surface area contributed by atoms with Gasteiger partial charge in [-0.1, -0.05) is 24.3 Å². The predicted octanol–water partition coefficient (Wildman–Crippen LogP) is 2.60. The van der Waals surface area contributed by atoms with Crippen molar-refractivity contribution in [2.45, 2.75) is 6.54 Å². The van der Waals surface area contributed by atoms with Crippen LogP contribution in [0.1, 0.15) is 5.56 Å². The first-order chi connectivity index (χ1) is 9.36. The van der Waals surface area contributed by atoms with Crippen LogP contribution in [0.4, 0.5) is 0 Å². The summed E-state index contributed by atoms with van der Waals surface area (Å²) in [5.74, 6) is 0.857. The van der Waals surface area contributed by atoms with Gasteiger partial charge in [0.25, 0.3) is 0 Å². The summed E-state index contributed by atoms with van der Waals surface area (Å²) in [6, 6.07) is 12.0.